The van der Waals surface area contributed by atoms with Crippen molar-refractivity contribution >= 4 is 15.9 Å². The molecule has 1 N–H and O–H groups in total. The molecular weight excluding hydrogens is 324 g/mol. The molecule has 0 amide bonds. The second-order valence-corrected chi connectivity index (χ2v) is 6.56. The maximum absolute atomic E-state index is 3.63. The first-order chi connectivity index (χ1) is 10.2. The molecule has 2 atom stereocenters. The van der Waals surface area contributed by atoms with Gasteiger partial charge >= 0.3 is 0 Å². The quantitative estimate of drug-likeness (QED) is 0.899. The van der Waals surface area contributed by atoms with Gasteiger partial charge < -0.3 is 5.32 Å². The third-order valence-corrected chi connectivity index (χ3v) is 4.84. The van der Waals surface area contributed by atoms with Crippen molar-refractivity contribution in [2.24, 2.45) is 0 Å². The number of rotatable bonds is 3. The van der Waals surface area contributed by atoms with E-state index in [4.69, 9.17) is 0 Å². The topological polar surface area (TPSA) is 15.3 Å². The molecule has 0 aromatic heterocycles. The highest BCUT2D eigenvalue weighted by molar-refractivity contribution is 9.10. The largest absolute Gasteiger partial charge is 0.308 e. The van der Waals surface area contributed by atoms with E-state index in [1.165, 1.54) is 11.1 Å². The van der Waals surface area contributed by atoms with Crippen LogP contribution in [-0.2, 0) is 0 Å². The summed E-state index contributed by atoms with van der Waals surface area (Å²) in [7, 11) is 0. The van der Waals surface area contributed by atoms with Crippen molar-refractivity contribution < 1.29 is 0 Å². The standard InChI is InChI=1S/C18H21BrN2/c1-14(15-7-9-17(19)10-8-15)21-12-11-20-18(13-21)16-5-3-2-4-6-16/h2-10,14,18,20H,11-13H2,1H3. The van der Waals surface area contributed by atoms with E-state index in [2.05, 4.69) is 87.7 Å². The van der Waals surface area contributed by atoms with Crippen LogP contribution < -0.4 is 5.32 Å². The summed E-state index contributed by atoms with van der Waals surface area (Å²) in [4.78, 5) is 2.57. The Bertz CT molecular complexity index is 568. The average molecular weight is 345 g/mol. The lowest BCUT2D eigenvalue weighted by Gasteiger charge is -2.38. The van der Waals surface area contributed by atoms with Crippen LogP contribution in [0.4, 0.5) is 0 Å². The molecule has 1 aliphatic heterocycles. The first-order valence-corrected chi connectivity index (χ1v) is 8.31. The SMILES string of the molecule is CC(c1ccc(Br)cc1)N1CCNC(c2ccccc2)C1. The number of hydrogen-bond donors (Lipinski definition) is 1. The molecule has 2 nitrogen and oxygen atoms in total. The van der Waals surface area contributed by atoms with E-state index in [9.17, 15) is 0 Å². The predicted molar refractivity (Wildman–Crippen MR) is 91.3 cm³/mol. The molecule has 3 rings (SSSR count). The molecule has 21 heavy (non-hydrogen) atoms. The van der Waals surface area contributed by atoms with Gasteiger partial charge in [0.15, 0.2) is 0 Å². The average Bonchev–Trinajstić information content (AvgIpc) is 2.56. The maximum Gasteiger partial charge on any atom is 0.0449 e. The van der Waals surface area contributed by atoms with E-state index in [0.717, 1.165) is 24.1 Å². The van der Waals surface area contributed by atoms with Crippen molar-refractivity contribution in [3.63, 3.8) is 0 Å². The van der Waals surface area contributed by atoms with Crippen LogP contribution in [0, 0.1) is 0 Å². The fraction of sp³-hybridized carbons (Fsp3) is 0.333. The molecular formula is C18H21BrN2. The third-order valence-electron chi connectivity index (χ3n) is 4.31. The molecule has 0 saturated carbocycles. The van der Waals surface area contributed by atoms with Crippen LogP contribution in [-0.4, -0.2) is 24.5 Å². The van der Waals surface area contributed by atoms with E-state index in [1.807, 2.05) is 0 Å². The maximum atomic E-state index is 3.63. The van der Waals surface area contributed by atoms with Crippen molar-refractivity contribution in [2.45, 2.75) is 19.0 Å². The van der Waals surface area contributed by atoms with Crippen molar-refractivity contribution in [1.82, 2.24) is 10.2 Å². The Morgan fingerprint density at radius 2 is 1.81 bits per heavy atom. The molecule has 1 saturated heterocycles. The first kappa shape index (κ1) is 14.8. The zero-order valence-electron chi connectivity index (χ0n) is 12.3. The smallest absolute Gasteiger partial charge is 0.0449 e. The molecule has 0 aliphatic carbocycles. The van der Waals surface area contributed by atoms with Gasteiger partial charge in [0.25, 0.3) is 0 Å². The zero-order valence-corrected chi connectivity index (χ0v) is 13.9. The molecule has 1 fully saturated rings. The Labute approximate surface area is 135 Å². The van der Waals surface area contributed by atoms with Gasteiger partial charge in [0.2, 0.25) is 0 Å². The second kappa shape index (κ2) is 6.73. The Morgan fingerprint density at radius 3 is 2.52 bits per heavy atom. The molecule has 3 heteroatoms. The number of hydrogen-bond acceptors (Lipinski definition) is 2. The summed E-state index contributed by atoms with van der Waals surface area (Å²) in [5, 5.41) is 3.63. The van der Waals surface area contributed by atoms with Gasteiger partial charge in [-0.2, -0.15) is 0 Å². The summed E-state index contributed by atoms with van der Waals surface area (Å²) in [5.74, 6) is 0. The summed E-state index contributed by atoms with van der Waals surface area (Å²) >= 11 is 3.51. The Hall–Kier alpha value is -1.16. The molecule has 2 unspecified atom stereocenters. The van der Waals surface area contributed by atoms with Crippen LogP contribution in [0.15, 0.2) is 59.1 Å². The predicted octanol–water partition coefficient (Wildman–Crippen LogP) is 4.16. The van der Waals surface area contributed by atoms with E-state index < -0.39 is 0 Å². The molecule has 0 spiro atoms. The van der Waals surface area contributed by atoms with Crippen LogP contribution in [0.2, 0.25) is 0 Å². The van der Waals surface area contributed by atoms with Gasteiger partial charge in [0.05, 0.1) is 0 Å². The molecule has 2 aromatic carbocycles. The Morgan fingerprint density at radius 1 is 1.10 bits per heavy atom. The van der Waals surface area contributed by atoms with Gasteiger partial charge in [-0.25, -0.2) is 0 Å². The normalized spacial score (nSPS) is 21.1. The van der Waals surface area contributed by atoms with Crippen LogP contribution in [0.3, 0.4) is 0 Å². The number of benzene rings is 2. The van der Waals surface area contributed by atoms with E-state index in [0.29, 0.717) is 12.1 Å². The lowest BCUT2D eigenvalue weighted by molar-refractivity contribution is 0.153. The van der Waals surface area contributed by atoms with Crippen LogP contribution in [0.5, 0.6) is 0 Å². The minimum atomic E-state index is 0.429. The van der Waals surface area contributed by atoms with E-state index in [-0.39, 0.29) is 0 Å². The molecule has 2 aromatic rings. The monoisotopic (exact) mass is 344 g/mol. The summed E-state index contributed by atoms with van der Waals surface area (Å²) in [6.45, 7) is 5.50. The van der Waals surface area contributed by atoms with Crippen molar-refractivity contribution in [1.29, 1.82) is 0 Å². The third kappa shape index (κ3) is 3.54. The van der Waals surface area contributed by atoms with Crippen LogP contribution in [0.1, 0.15) is 30.1 Å². The lowest BCUT2D eigenvalue weighted by Crippen LogP contribution is -2.46. The lowest BCUT2D eigenvalue weighted by atomic mass is 10.0. The highest BCUT2D eigenvalue weighted by atomic mass is 79.9. The van der Waals surface area contributed by atoms with Gasteiger partial charge in [-0.05, 0) is 30.2 Å². The number of halogens is 1. The van der Waals surface area contributed by atoms with Crippen molar-refractivity contribution in [2.75, 3.05) is 19.6 Å². The van der Waals surface area contributed by atoms with Crippen LogP contribution in [0.25, 0.3) is 0 Å². The first-order valence-electron chi connectivity index (χ1n) is 7.52. The van der Waals surface area contributed by atoms with Gasteiger partial charge in [0.1, 0.15) is 0 Å². The van der Waals surface area contributed by atoms with Gasteiger partial charge in [-0.1, -0.05) is 58.4 Å². The minimum Gasteiger partial charge on any atom is -0.308 e. The molecule has 0 radical (unpaired) electrons. The summed E-state index contributed by atoms with van der Waals surface area (Å²) in [6, 6.07) is 20.3. The minimum absolute atomic E-state index is 0.429. The zero-order chi connectivity index (χ0) is 14.7. The van der Waals surface area contributed by atoms with E-state index >= 15 is 0 Å². The number of piperazine rings is 1. The van der Waals surface area contributed by atoms with Crippen molar-refractivity contribution in [3.8, 4) is 0 Å². The summed E-state index contributed by atoms with van der Waals surface area (Å²) in [6.07, 6.45) is 0. The number of nitrogens with zero attached hydrogens (tertiary/aromatic N) is 1. The fourth-order valence-corrected chi connectivity index (χ4v) is 3.25. The summed E-state index contributed by atoms with van der Waals surface area (Å²) in [5.41, 5.74) is 2.76. The Kier molecular flexibility index (Phi) is 4.73. The van der Waals surface area contributed by atoms with E-state index in [1.54, 1.807) is 0 Å². The van der Waals surface area contributed by atoms with Gasteiger partial charge in [-0.3, -0.25) is 4.90 Å². The van der Waals surface area contributed by atoms with Gasteiger partial charge in [-0.15, -0.1) is 0 Å². The summed E-state index contributed by atoms with van der Waals surface area (Å²) < 4.78 is 1.14. The van der Waals surface area contributed by atoms with Gasteiger partial charge in [0, 0.05) is 36.2 Å². The Balaban J connectivity index is 1.72. The fourth-order valence-electron chi connectivity index (χ4n) is 2.99. The molecule has 0 bridgehead atoms. The van der Waals surface area contributed by atoms with Crippen molar-refractivity contribution in [3.05, 3.63) is 70.2 Å². The highest BCUT2D eigenvalue weighted by Gasteiger charge is 2.24. The molecule has 1 aliphatic rings. The molecule has 110 valence electrons. The van der Waals surface area contributed by atoms with Crippen LogP contribution >= 0.6 is 15.9 Å². The second-order valence-electron chi connectivity index (χ2n) is 5.64. The molecule has 1 heterocycles. The highest BCUT2D eigenvalue weighted by Crippen LogP contribution is 2.26. The number of nitrogens with one attached hydrogen (secondary N) is 1.